The first-order valence-corrected chi connectivity index (χ1v) is 9.00. The van der Waals surface area contributed by atoms with E-state index >= 15 is 0 Å². The van der Waals surface area contributed by atoms with Crippen LogP contribution in [0.15, 0.2) is 29.9 Å². The summed E-state index contributed by atoms with van der Waals surface area (Å²) in [6.45, 7) is 5.35. The Hall–Kier alpha value is -3.03. The maximum absolute atomic E-state index is 12.4. The summed E-state index contributed by atoms with van der Waals surface area (Å²) >= 11 is 0. The number of carbonyl (C=O) groups is 2. The normalized spacial score (nSPS) is 11.0. The van der Waals surface area contributed by atoms with Crippen molar-refractivity contribution in [1.82, 2.24) is 0 Å². The number of hydrogen-bond acceptors (Lipinski definition) is 8. The number of methoxy groups -OCH3 is 1. The summed E-state index contributed by atoms with van der Waals surface area (Å²) in [6, 6.07) is 2.44. The average molecular weight is 393 g/mol. The SMILES string of the molecule is C=CCCOC(=O)c1c(O)cc(O)cc1C/C(CCCC)=N/OCC(=O)OC. The van der Waals surface area contributed by atoms with Crippen LogP contribution in [-0.4, -0.2) is 48.2 Å². The van der Waals surface area contributed by atoms with Gasteiger partial charge in [-0.2, -0.15) is 0 Å². The highest BCUT2D eigenvalue weighted by Crippen LogP contribution is 2.29. The van der Waals surface area contributed by atoms with Crippen molar-refractivity contribution in [2.45, 2.75) is 39.0 Å². The van der Waals surface area contributed by atoms with Gasteiger partial charge in [0.25, 0.3) is 0 Å². The van der Waals surface area contributed by atoms with Crippen LogP contribution in [-0.2, 0) is 25.5 Å². The molecule has 0 unspecified atom stereocenters. The van der Waals surface area contributed by atoms with E-state index in [9.17, 15) is 19.8 Å². The predicted octanol–water partition coefficient (Wildman–Crippen LogP) is 3.11. The molecule has 28 heavy (non-hydrogen) atoms. The number of aromatic hydroxyl groups is 2. The van der Waals surface area contributed by atoms with Crippen LogP contribution in [0.2, 0.25) is 0 Å². The highest BCUT2D eigenvalue weighted by Gasteiger charge is 2.21. The van der Waals surface area contributed by atoms with Gasteiger partial charge in [0.05, 0.1) is 19.4 Å². The Morgan fingerprint density at radius 2 is 2.04 bits per heavy atom. The zero-order valence-electron chi connectivity index (χ0n) is 16.3. The van der Waals surface area contributed by atoms with Crippen molar-refractivity contribution in [3.05, 3.63) is 35.9 Å². The fourth-order valence-electron chi connectivity index (χ4n) is 2.35. The lowest BCUT2D eigenvalue weighted by Gasteiger charge is -2.13. The van der Waals surface area contributed by atoms with Crippen molar-refractivity contribution in [1.29, 1.82) is 0 Å². The van der Waals surface area contributed by atoms with Gasteiger partial charge in [0.1, 0.15) is 17.1 Å². The largest absolute Gasteiger partial charge is 0.508 e. The Labute approximate surface area is 164 Å². The fraction of sp³-hybridized carbons (Fsp3) is 0.450. The molecule has 0 radical (unpaired) electrons. The Kier molecular flexibility index (Phi) is 10.2. The van der Waals surface area contributed by atoms with E-state index in [1.54, 1.807) is 6.08 Å². The molecule has 0 amide bonds. The van der Waals surface area contributed by atoms with Crippen LogP contribution in [0.3, 0.4) is 0 Å². The van der Waals surface area contributed by atoms with Crippen LogP contribution in [0.4, 0.5) is 0 Å². The molecule has 0 spiro atoms. The minimum atomic E-state index is -0.709. The number of ether oxygens (including phenoxy) is 2. The van der Waals surface area contributed by atoms with Gasteiger partial charge in [-0.1, -0.05) is 24.6 Å². The molecule has 1 aromatic rings. The van der Waals surface area contributed by atoms with E-state index in [1.165, 1.54) is 13.2 Å². The zero-order chi connectivity index (χ0) is 20.9. The molecule has 154 valence electrons. The van der Waals surface area contributed by atoms with Gasteiger partial charge < -0.3 is 24.5 Å². The molecule has 0 saturated carbocycles. The summed E-state index contributed by atoms with van der Waals surface area (Å²) in [7, 11) is 1.24. The third-order valence-corrected chi connectivity index (χ3v) is 3.76. The van der Waals surface area contributed by atoms with Crippen molar-refractivity contribution in [3.63, 3.8) is 0 Å². The van der Waals surface area contributed by atoms with Crippen molar-refractivity contribution in [3.8, 4) is 11.5 Å². The van der Waals surface area contributed by atoms with Gasteiger partial charge in [0.2, 0.25) is 6.61 Å². The third-order valence-electron chi connectivity index (χ3n) is 3.76. The second kappa shape index (κ2) is 12.4. The lowest BCUT2D eigenvalue weighted by Crippen LogP contribution is -2.14. The summed E-state index contributed by atoms with van der Waals surface area (Å²) in [4.78, 5) is 28.6. The van der Waals surface area contributed by atoms with Gasteiger partial charge in [-0.25, -0.2) is 9.59 Å². The second-order valence-electron chi connectivity index (χ2n) is 6.00. The summed E-state index contributed by atoms with van der Waals surface area (Å²) in [5, 5.41) is 23.9. The van der Waals surface area contributed by atoms with Gasteiger partial charge in [-0.05, 0) is 30.9 Å². The van der Waals surface area contributed by atoms with Crippen molar-refractivity contribution in [2.75, 3.05) is 20.3 Å². The quantitative estimate of drug-likeness (QED) is 0.184. The summed E-state index contributed by atoms with van der Waals surface area (Å²) in [6.07, 6.45) is 4.49. The number of nitrogens with zero attached hydrogens (tertiary/aromatic N) is 1. The number of hydrogen-bond donors (Lipinski definition) is 2. The number of oxime groups is 1. The van der Waals surface area contributed by atoms with Crippen LogP contribution in [0.1, 0.15) is 48.5 Å². The van der Waals surface area contributed by atoms with Crippen molar-refractivity contribution >= 4 is 17.7 Å². The van der Waals surface area contributed by atoms with Crippen molar-refractivity contribution in [2.24, 2.45) is 5.16 Å². The molecule has 0 aromatic heterocycles. The second-order valence-corrected chi connectivity index (χ2v) is 6.00. The number of phenolic OH excluding ortho intramolecular Hbond substituents is 2. The molecule has 2 N–H and O–H groups in total. The fourth-order valence-corrected chi connectivity index (χ4v) is 2.35. The van der Waals surface area contributed by atoms with E-state index in [0.29, 0.717) is 24.1 Å². The molecule has 0 heterocycles. The highest BCUT2D eigenvalue weighted by molar-refractivity contribution is 5.97. The zero-order valence-corrected chi connectivity index (χ0v) is 16.3. The highest BCUT2D eigenvalue weighted by atomic mass is 16.6. The van der Waals surface area contributed by atoms with E-state index in [4.69, 9.17) is 9.57 Å². The topological polar surface area (TPSA) is 115 Å². The van der Waals surface area contributed by atoms with Gasteiger partial charge in [0, 0.05) is 12.5 Å². The summed E-state index contributed by atoms with van der Waals surface area (Å²) < 4.78 is 9.63. The maximum Gasteiger partial charge on any atom is 0.346 e. The predicted molar refractivity (Wildman–Crippen MR) is 104 cm³/mol. The van der Waals surface area contributed by atoms with E-state index in [2.05, 4.69) is 16.5 Å². The van der Waals surface area contributed by atoms with E-state index in [1.807, 2.05) is 6.92 Å². The molecule has 0 aliphatic carbocycles. The number of rotatable bonds is 12. The first kappa shape index (κ1) is 23.0. The van der Waals surface area contributed by atoms with E-state index in [0.717, 1.165) is 18.9 Å². The molecule has 1 aromatic carbocycles. The molecule has 0 saturated heterocycles. The number of carbonyl (C=O) groups excluding carboxylic acids is 2. The van der Waals surface area contributed by atoms with E-state index in [-0.39, 0.29) is 36.7 Å². The molecule has 8 heteroatoms. The molecule has 0 bridgehead atoms. The molecule has 0 aliphatic rings. The Balaban J connectivity index is 3.08. The summed E-state index contributed by atoms with van der Waals surface area (Å²) in [5.41, 5.74) is 0.854. The first-order valence-electron chi connectivity index (χ1n) is 9.00. The van der Waals surface area contributed by atoms with Crippen LogP contribution < -0.4 is 0 Å². The van der Waals surface area contributed by atoms with Crippen LogP contribution >= 0.6 is 0 Å². The Morgan fingerprint density at radius 1 is 1.29 bits per heavy atom. The lowest BCUT2D eigenvalue weighted by molar-refractivity contribution is -0.145. The summed E-state index contributed by atoms with van der Waals surface area (Å²) in [5.74, 6) is -1.86. The standard InChI is InChI=1S/C20H27NO7/c1-4-6-8-15(21-28-13-18(24)26-3)10-14-11-16(22)12-17(23)19(14)20(25)27-9-7-5-2/h5,11-12,22-23H,2,4,6-10,13H2,1,3H3/b21-15+. The monoisotopic (exact) mass is 393 g/mol. The van der Waals surface area contributed by atoms with Crippen LogP contribution in [0.5, 0.6) is 11.5 Å². The minimum Gasteiger partial charge on any atom is -0.508 e. The average Bonchev–Trinajstić information content (AvgIpc) is 2.65. The van der Waals surface area contributed by atoms with Gasteiger partial charge in [-0.15, -0.1) is 6.58 Å². The number of benzene rings is 1. The lowest BCUT2D eigenvalue weighted by atomic mass is 9.98. The van der Waals surface area contributed by atoms with Gasteiger partial charge in [-0.3, -0.25) is 0 Å². The third kappa shape index (κ3) is 7.69. The number of phenols is 2. The van der Waals surface area contributed by atoms with Gasteiger partial charge in [0.15, 0.2) is 0 Å². The number of unbranched alkanes of at least 4 members (excludes halogenated alkanes) is 1. The van der Waals surface area contributed by atoms with E-state index < -0.39 is 11.9 Å². The van der Waals surface area contributed by atoms with Gasteiger partial charge >= 0.3 is 11.9 Å². The molecule has 0 atom stereocenters. The Bertz CT molecular complexity index is 713. The van der Waals surface area contributed by atoms with Crippen molar-refractivity contribution < 1.29 is 34.1 Å². The molecular weight excluding hydrogens is 366 g/mol. The smallest absolute Gasteiger partial charge is 0.346 e. The van der Waals surface area contributed by atoms with Crippen LogP contribution in [0.25, 0.3) is 0 Å². The molecule has 8 nitrogen and oxygen atoms in total. The number of esters is 2. The Morgan fingerprint density at radius 3 is 2.68 bits per heavy atom. The maximum atomic E-state index is 12.4. The minimum absolute atomic E-state index is 0.0426. The molecule has 0 aliphatic heterocycles. The molecule has 0 fully saturated rings. The van der Waals surface area contributed by atoms with Crippen LogP contribution in [0, 0.1) is 0 Å². The first-order chi connectivity index (χ1) is 13.4. The molecular formula is C20H27NO7. The molecule has 1 rings (SSSR count).